The molecule has 1 aliphatic heterocycles. The zero-order valence-corrected chi connectivity index (χ0v) is 18.4. The fourth-order valence-corrected chi connectivity index (χ4v) is 4.77. The average molecular weight is 527 g/mol. The maximum Gasteiger partial charge on any atom is 0.293 e. The Morgan fingerprint density at radius 2 is 1.79 bits per heavy atom. The third-order valence-corrected chi connectivity index (χ3v) is 5.89. The second kappa shape index (κ2) is 9.07. The lowest BCUT2D eigenvalue weighted by molar-refractivity contribution is -0.122. The summed E-state index contributed by atoms with van der Waals surface area (Å²) in [5, 5.41) is -0.312. The van der Waals surface area contributed by atoms with Crippen LogP contribution in [0.3, 0.4) is 0 Å². The first-order valence-electron chi connectivity index (χ1n) is 8.11. The fraction of sp³-hybridized carbons (Fsp3) is 0.100. The first-order valence-corrected chi connectivity index (χ1v) is 10.5. The average Bonchev–Trinajstić information content (AvgIpc) is 2.90. The fourth-order valence-electron chi connectivity index (χ4n) is 2.47. The van der Waals surface area contributed by atoms with Crippen LogP contribution in [0.4, 0.5) is 9.18 Å². The first-order chi connectivity index (χ1) is 13.4. The van der Waals surface area contributed by atoms with Crippen molar-refractivity contribution >= 4 is 60.8 Å². The SMILES string of the molecule is C=CCN1C(=O)S/C(=C/c2cc(Br)c(OCc3ccc(F)cc3)c(Br)c2)C1=O. The molecule has 0 N–H and O–H groups in total. The van der Waals surface area contributed by atoms with Crippen molar-refractivity contribution in [3.63, 3.8) is 0 Å². The first kappa shape index (κ1) is 20.8. The lowest BCUT2D eigenvalue weighted by atomic mass is 10.2. The summed E-state index contributed by atoms with van der Waals surface area (Å²) >= 11 is 7.84. The number of benzene rings is 2. The van der Waals surface area contributed by atoms with Gasteiger partial charge in [0, 0.05) is 6.54 Å². The van der Waals surface area contributed by atoms with Crippen LogP contribution in [0.25, 0.3) is 6.08 Å². The number of thioether (sulfide) groups is 1. The molecule has 1 saturated heterocycles. The van der Waals surface area contributed by atoms with Crippen molar-refractivity contribution in [2.24, 2.45) is 0 Å². The van der Waals surface area contributed by atoms with Crippen molar-refractivity contribution in [1.82, 2.24) is 4.90 Å². The van der Waals surface area contributed by atoms with Gasteiger partial charge in [-0.15, -0.1) is 6.58 Å². The van der Waals surface area contributed by atoms with Crippen LogP contribution >= 0.6 is 43.6 Å². The molecule has 28 heavy (non-hydrogen) atoms. The van der Waals surface area contributed by atoms with E-state index in [1.807, 2.05) is 0 Å². The molecular formula is C20H14Br2FNO3S. The predicted octanol–water partition coefficient (Wildman–Crippen LogP) is 6.15. The number of hydrogen-bond acceptors (Lipinski definition) is 4. The van der Waals surface area contributed by atoms with E-state index in [9.17, 15) is 14.0 Å². The van der Waals surface area contributed by atoms with E-state index < -0.39 is 0 Å². The van der Waals surface area contributed by atoms with Gasteiger partial charge in [-0.3, -0.25) is 14.5 Å². The Morgan fingerprint density at radius 1 is 1.14 bits per heavy atom. The van der Waals surface area contributed by atoms with E-state index in [0.717, 1.165) is 27.8 Å². The van der Waals surface area contributed by atoms with E-state index in [4.69, 9.17) is 4.74 Å². The lowest BCUT2D eigenvalue weighted by Crippen LogP contribution is -2.27. The molecule has 0 radical (unpaired) electrons. The number of ether oxygens (including phenoxy) is 1. The maximum atomic E-state index is 13.0. The molecule has 4 nitrogen and oxygen atoms in total. The molecule has 3 rings (SSSR count). The minimum Gasteiger partial charge on any atom is -0.487 e. The Morgan fingerprint density at radius 3 is 2.39 bits per heavy atom. The van der Waals surface area contributed by atoms with Crippen LogP contribution in [0.2, 0.25) is 0 Å². The molecule has 0 aromatic heterocycles. The molecule has 0 aliphatic carbocycles. The summed E-state index contributed by atoms with van der Waals surface area (Å²) in [6, 6.07) is 9.67. The highest BCUT2D eigenvalue weighted by molar-refractivity contribution is 9.11. The Kier molecular flexibility index (Phi) is 6.74. The van der Waals surface area contributed by atoms with Crippen LogP contribution in [0, 0.1) is 5.82 Å². The predicted molar refractivity (Wildman–Crippen MR) is 115 cm³/mol. The normalized spacial score (nSPS) is 15.4. The van der Waals surface area contributed by atoms with E-state index in [0.29, 0.717) is 19.6 Å². The standard InChI is InChI=1S/C20H14Br2FNO3S/c1-2-7-24-19(25)17(28-20(24)26)10-13-8-15(21)18(16(22)9-13)27-11-12-3-5-14(23)6-4-12/h2-6,8-10H,1,7,11H2/b17-10+. The zero-order chi connectivity index (χ0) is 20.3. The van der Waals surface area contributed by atoms with Crippen molar-refractivity contribution in [3.05, 3.63) is 79.8 Å². The third-order valence-electron chi connectivity index (χ3n) is 3.80. The molecule has 0 atom stereocenters. The van der Waals surface area contributed by atoms with Crippen LogP contribution in [0.5, 0.6) is 5.75 Å². The van der Waals surface area contributed by atoms with E-state index >= 15 is 0 Å². The molecule has 2 aromatic rings. The summed E-state index contributed by atoms with van der Waals surface area (Å²) in [6.45, 7) is 4.02. The maximum absolute atomic E-state index is 13.0. The van der Waals surface area contributed by atoms with Crippen molar-refractivity contribution in [2.75, 3.05) is 6.54 Å². The smallest absolute Gasteiger partial charge is 0.293 e. The second-order valence-electron chi connectivity index (χ2n) is 5.81. The molecule has 0 bridgehead atoms. The van der Waals surface area contributed by atoms with E-state index in [1.54, 1.807) is 30.3 Å². The zero-order valence-electron chi connectivity index (χ0n) is 14.5. The Bertz CT molecular complexity index is 953. The van der Waals surface area contributed by atoms with Gasteiger partial charge in [-0.1, -0.05) is 18.2 Å². The Balaban J connectivity index is 1.78. The van der Waals surface area contributed by atoms with Gasteiger partial charge in [0.15, 0.2) is 0 Å². The highest BCUT2D eigenvalue weighted by atomic mass is 79.9. The van der Waals surface area contributed by atoms with Crippen LogP contribution in [-0.4, -0.2) is 22.6 Å². The number of carbonyl (C=O) groups is 2. The number of halogens is 3. The summed E-state index contributed by atoms with van der Waals surface area (Å²) in [7, 11) is 0. The highest BCUT2D eigenvalue weighted by Gasteiger charge is 2.34. The monoisotopic (exact) mass is 525 g/mol. The van der Waals surface area contributed by atoms with Crippen LogP contribution < -0.4 is 4.74 Å². The minimum atomic E-state index is -0.334. The largest absolute Gasteiger partial charge is 0.487 e. The number of amides is 2. The van der Waals surface area contributed by atoms with Crippen LogP contribution in [-0.2, 0) is 11.4 Å². The van der Waals surface area contributed by atoms with Crippen LogP contribution in [0.1, 0.15) is 11.1 Å². The molecule has 8 heteroatoms. The molecule has 1 fully saturated rings. The molecule has 0 saturated carbocycles. The van der Waals surface area contributed by atoms with Gasteiger partial charge in [0.25, 0.3) is 11.1 Å². The Labute approximate surface area is 182 Å². The van der Waals surface area contributed by atoms with Crippen LogP contribution in [0.15, 0.2) is 62.9 Å². The van der Waals surface area contributed by atoms with E-state index in [2.05, 4.69) is 38.4 Å². The number of carbonyl (C=O) groups excluding carboxylic acids is 2. The summed E-state index contributed by atoms with van der Waals surface area (Å²) < 4.78 is 20.2. The molecular weight excluding hydrogens is 513 g/mol. The van der Waals surface area contributed by atoms with E-state index in [-0.39, 0.29) is 30.1 Å². The van der Waals surface area contributed by atoms with Crippen molar-refractivity contribution in [3.8, 4) is 5.75 Å². The summed E-state index contributed by atoms with van der Waals surface area (Å²) in [5.41, 5.74) is 1.57. The van der Waals surface area contributed by atoms with E-state index in [1.165, 1.54) is 18.2 Å². The van der Waals surface area contributed by atoms with Crippen molar-refractivity contribution in [1.29, 1.82) is 0 Å². The summed E-state index contributed by atoms with van der Waals surface area (Å²) in [4.78, 5) is 25.7. The van der Waals surface area contributed by atoms with Gasteiger partial charge >= 0.3 is 0 Å². The number of imide groups is 1. The summed E-state index contributed by atoms with van der Waals surface area (Å²) in [5.74, 6) is -0.0482. The number of rotatable bonds is 6. The molecule has 2 amide bonds. The minimum absolute atomic E-state index is 0.186. The third kappa shape index (κ3) is 4.74. The molecule has 1 aliphatic rings. The van der Waals surface area contributed by atoms with Gasteiger partial charge in [-0.25, -0.2) is 4.39 Å². The van der Waals surface area contributed by atoms with Gasteiger partial charge in [0.1, 0.15) is 18.2 Å². The summed E-state index contributed by atoms with van der Waals surface area (Å²) in [6.07, 6.45) is 3.17. The lowest BCUT2D eigenvalue weighted by Gasteiger charge is -2.12. The van der Waals surface area contributed by atoms with Crippen molar-refractivity contribution in [2.45, 2.75) is 6.61 Å². The van der Waals surface area contributed by atoms with Gasteiger partial charge < -0.3 is 4.74 Å². The van der Waals surface area contributed by atoms with Gasteiger partial charge in [0.05, 0.1) is 13.9 Å². The molecule has 0 spiro atoms. The van der Waals surface area contributed by atoms with Crippen molar-refractivity contribution < 1.29 is 18.7 Å². The Hall–Kier alpha value is -1.90. The molecule has 0 unspecified atom stereocenters. The molecule has 144 valence electrons. The van der Waals surface area contributed by atoms with Gasteiger partial charge in [-0.05, 0) is 85.1 Å². The molecule has 2 aromatic carbocycles. The van der Waals surface area contributed by atoms with Gasteiger partial charge in [0.2, 0.25) is 0 Å². The quantitative estimate of drug-likeness (QED) is 0.334. The molecule has 1 heterocycles. The topological polar surface area (TPSA) is 46.6 Å². The van der Waals surface area contributed by atoms with Gasteiger partial charge in [-0.2, -0.15) is 0 Å². The second-order valence-corrected chi connectivity index (χ2v) is 8.51. The number of hydrogen-bond donors (Lipinski definition) is 0. The number of nitrogens with zero attached hydrogens (tertiary/aromatic N) is 1. The highest BCUT2D eigenvalue weighted by Crippen LogP contribution is 2.38.